The second-order valence-corrected chi connectivity index (χ2v) is 9.34. The molecule has 0 saturated carbocycles. The zero-order valence-electron chi connectivity index (χ0n) is 21.4. The van der Waals surface area contributed by atoms with Gasteiger partial charge in [0.05, 0.1) is 23.4 Å². The van der Waals surface area contributed by atoms with Crippen molar-refractivity contribution in [3.05, 3.63) is 100.0 Å². The number of allylic oxidation sites excluding steroid dienone is 1. The molecule has 1 aliphatic rings. The minimum absolute atomic E-state index is 0.218. The van der Waals surface area contributed by atoms with Gasteiger partial charge in [-0.15, -0.1) is 0 Å². The molecular formula is C31H30N2O4. The first-order valence-electron chi connectivity index (χ1n) is 12.5. The van der Waals surface area contributed by atoms with E-state index in [4.69, 9.17) is 14.5 Å². The lowest BCUT2D eigenvalue weighted by Crippen LogP contribution is -2.17. The van der Waals surface area contributed by atoms with Crippen LogP contribution in [0.2, 0.25) is 0 Å². The van der Waals surface area contributed by atoms with Gasteiger partial charge < -0.3 is 14.0 Å². The number of aryl methyl sites for hydroxylation is 1. The predicted octanol–water partition coefficient (Wildman–Crippen LogP) is 5.83. The molecule has 0 bridgehead atoms. The van der Waals surface area contributed by atoms with Crippen molar-refractivity contribution < 1.29 is 19.1 Å². The van der Waals surface area contributed by atoms with Crippen LogP contribution < -0.4 is 0 Å². The molecule has 37 heavy (non-hydrogen) atoms. The average molecular weight is 495 g/mol. The van der Waals surface area contributed by atoms with Gasteiger partial charge in [0.1, 0.15) is 0 Å². The van der Waals surface area contributed by atoms with Crippen LogP contribution in [0.15, 0.2) is 60.7 Å². The first kappa shape index (κ1) is 24.7. The summed E-state index contributed by atoms with van der Waals surface area (Å²) < 4.78 is 12.9. The van der Waals surface area contributed by atoms with Crippen molar-refractivity contribution in [1.82, 2.24) is 9.55 Å². The predicted molar refractivity (Wildman–Crippen MR) is 145 cm³/mol. The van der Waals surface area contributed by atoms with E-state index in [0.717, 1.165) is 51.1 Å². The number of hydrogen-bond acceptors (Lipinski definition) is 5. The Bertz CT molecular complexity index is 1520. The molecule has 0 radical (unpaired) electrons. The van der Waals surface area contributed by atoms with Crippen molar-refractivity contribution >= 4 is 34.3 Å². The van der Waals surface area contributed by atoms with Crippen molar-refractivity contribution in [2.75, 3.05) is 20.3 Å². The summed E-state index contributed by atoms with van der Waals surface area (Å²) >= 11 is 0. The Morgan fingerprint density at radius 1 is 1.03 bits per heavy atom. The van der Waals surface area contributed by atoms with Gasteiger partial charge in [0.25, 0.3) is 0 Å². The Morgan fingerprint density at radius 2 is 1.78 bits per heavy atom. The number of methoxy groups -OCH3 is 1. The number of ketones is 1. The number of fused-ring (bicyclic) bond motifs is 2. The fourth-order valence-corrected chi connectivity index (χ4v) is 5.15. The molecule has 6 nitrogen and oxygen atoms in total. The van der Waals surface area contributed by atoms with Crippen LogP contribution >= 0.6 is 0 Å². The maximum Gasteiger partial charge on any atom is 0.339 e. The normalized spacial score (nSPS) is 13.8. The van der Waals surface area contributed by atoms with Crippen LogP contribution in [0.3, 0.4) is 0 Å². The highest BCUT2D eigenvalue weighted by Gasteiger charge is 2.28. The summed E-state index contributed by atoms with van der Waals surface area (Å²) in [7, 11) is 1.65. The number of esters is 1. The molecule has 2 heterocycles. The number of para-hydroxylation sites is 1. The van der Waals surface area contributed by atoms with Crippen molar-refractivity contribution in [2.45, 2.75) is 33.2 Å². The highest BCUT2D eigenvalue weighted by Crippen LogP contribution is 2.37. The first-order chi connectivity index (χ1) is 18.0. The fraction of sp³-hybridized carbons (Fsp3) is 0.258. The van der Waals surface area contributed by atoms with Crippen molar-refractivity contribution in [1.29, 1.82) is 0 Å². The Morgan fingerprint density at radius 3 is 2.57 bits per heavy atom. The van der Waals surface area contributed by atoms with E-state index in [1.54, 1.807) is 7.11 Å². The van der Waals surface area contributed by atoms with Gasteiger partial charge in [-0.2, -0.15) is 0 Å². The number of pyridine rings is 1. The fourth-order valence-electron chi connectivity index (χ4n) is 5.15. The maximum absolute atomic E-state index is 13.5. The highest BCUT2D eigenvalue weighted by molar-refractivity contribution is 6.08. The molecule has 0 N–H and O–H groups in total. The van der Waals surface area contributed by atoms with Crippen LogP contribution in [0.4, 0.5) is 0 Å². The highest BCUT2D eigenvalue weighted by atomic mass is 16.5. The standard InChI is InChI=1S/C31H30N2O4/c1-20-17-26(21(2)33(20)15-16-36-3)28(34)19-37-31(35)29-24-11-7-8-12-27(24)32-30-23(13-14-25(29)30)18-22-9-5-4-6-10-22/h4-12,17-18H,13-16,19H2,1-3H3. The largest absolute Gasteiger partial charge is 0.454 e. The van der Waals surface area contributed by atoms with Crippen LogP contribution in [0.25, 0.3) is 22.6 Å². The minimum atomic E-state index is -0.489. The van der Waals surface area contributed by atoms with Crippen LogP contribution in [0.5, 0.6) is 0 Å². The lowest BCUT2D eigenvalue weighted by Gasteiger charge is -2.12. The summed E-state index contributed by atoms with van der Waals surface area (Å²) in [5.41, 5.74) is 7.55. The summed E-state index contributed by atoms with van der Waals surface area (Å²) in [5, 5.41) is 0.748. The van der Waals surface area contributed by atoms with Gasteiger partial charge in [-0.3, -0.25) is 4.79 Å². The number of ether oxygens (including phenoxy) is 2. The molecule has 0 amide bonds. The van der Waals surface area contributed by atoms with Crippen LogP contribution in [0.1, 0.15) is 55.3 Å². The molecule has 6 heteroatoms. The molecule has 5 rings (SSSR count). The van der Waals surface area contributed by atoms with E-state index in [1.165, 1.54) is 0 Å². The number of nitrogens with zero attached hydrogens (tertiary/aromatic N) is 2. The first-order valence-corrected chi connectivity index (χ1v) is 12.5. The molecule has 0 saturated heterocycles. The average Bonchev–Trinajstić information content (AvgIpc) is 3.44. The van der Waals surface area contributed by atoms with Crippen LogP contribution in [-0.4, -0.2) is 41.6 Å². The van der Waals surface area contributed by atoms with Crippen molar-refractivity contribution in [3.63, 3.8) is 0 Å². The number of carbonyl (C=O) groups excluding carboxylic acids is 2. The maximum atomic E-state index is 13.5. The lowest BCUT2D eigenvalue weighted by atomic mass is 10.0. The molecule has 188 valence electrons. The molecule has 2 aromatic heterocycles. The topological polar surface area (TPSA) is 70.4 Å². The molecular weight excluding hydrogens is 464 g/mol. The third kappa shape index (κ3) is 4.85. The number of hydrogen-bond donors (Lipinski definition) is 0. The van der Waals surface area contributed by atoms with Gasteiger partial charge in [-0.05, 0) is 61.6 Å². The molecule has 1 aliphatic carbocycles. The SMILES string of the molecule is COCCn1c(C)cc(C(=O)COC(=O)c2c3c(nc4ccccc24)C(=Cc2ccccc2)CC3)c1C. The summed E-state index contributed by atoms with van der Waals surface area (Å²) in [6.45, 7) is 4.76. The van der Waals surface area contributed by atoms with E-state index in [-0.39, 0.29) is 12.4 Å². The number of Topliss-reactive ketones (excluding diaryl/α,β-unsaturated/α-hetero) is 1. The number of rotatable bonds is 8. The molecule has 0 atom stereocenters. The van der Waals surface area contributed by atoms with Gasteiger partial charge in [0.2, 0.25) is 5.78 Å². The quantitative estimate of drug-likeness (QED) is 0.228. The summed E-state index contributed by atoms with van der Waals surface area (Å²) in [5.74, 6) is -0.706. The third-order valence-corrected chi connectivity index (χ3v) is 7.01. The van der Waals surface area contributed by atoms with Crippen LogP contribution in [-0.2, 0) is 22.4 Å². The molecule has 4 aromatic rings. The molecule has 0 spiro atoms. The summed E-state index contributed by atoms with van der Waals surface area (Å²) in [6, 6.07) is 19.6. The van der Waals surface area contributed by atoms with E-state index < -0.39 is 5.97 Å². The van der Waals surface area contributed by atoms with E-state index in [1.807, 2.05) is 66.9 Å². The monoisotopic (exact) mass is 494 g/mol. The van der Waals surface area contributed by atoms with Crippen LogP contribution in [0, 0.1) is 13.8 Å². The second-order valence-electron chi connectivity index (χ2n) is 9.34. The van der Waals surface area contributed by atoms with Crippen molar-refractivity contribution in [2.24, 2.45) is 0 Å². The zero-order valence-corrected chi connectivity index (χ0v) is 21.4. The lowest BCUT2D eigenvalue weighted by molar-refractivity contribution is 0.0475. The van der Waals surface area contributed by atoms with Gasteiger partial charge in [0, 0.05) is 36.0 Å². The summed E-state index contributed by atoms with van der Waals surface area (Å²) in [6.07, 6.45) is 3.62. The molecule has 0 fully saturated rings. The molecule has 0 aliphatic heterocycles. The van der Waals surface area contributed by atoms with Gasteiger partial charge >= 0.3 is 5.97 Å². The Hall–Kier alpha value is -4.03. The number of carbonyl (C=O) groups is 2. The van der Waals surface area contributed by atoms with E-state index in [2.05, 4.69) is 18.2 Å². The Labute approximate surface area is 216 Å². The number of aromatic nitrogens is 2. The van der Waals surface area contributed by atoms with E-state index >= 15 is 0 Å². The van der Waals surface area contributed by atoms with E-state index in [0.29, 0.717) is 30.7 Å². The van der Waals surface area contributed by atoms with Crippen molar-refractivity contribution in [3.8, 4) is 0 Å². The molecule has 0 unspecified atom stereocenters. The van der Waals surface area contributed by atoms with Gasteiger partial charge in [0.15, 0.2) is 6.61 Å². The van der Waals surface area contributed by atoms with E-state index in [9.17, 15) is 9.59 Å². The van der Waals surface area contributed by atoms with Gasteiger partial charge in [-0.1, -0.05) is 48.5 Å². The molecule has 2 aromatic carbocycles. The second kappa shape index (κ2) is 10.5. The third-order valence-electron chi connectivity index (χ3n) is 7.01. The Kier molecular flexibility index (Phi) is 7.01. The van der Waals surface area contributed by atoms with Gasteiger partial charge in [-0.25, -0.2) is 9.78 Å². The Balaban J connectivity index is 1.44. The number of benzene rings is 2. The zero-order chi connectivity index (χ0) is 25.9. The minimum Gasteiger partial charge on any atom is -0.454 e. The summed E-state index contributed by atoms with van der Waals surface area (Å²) in [4.78, 5) is 31.4. The smallest absolute Gasteiger partial charge is 0.339 e.